The highest BCUT2D eigenvalue weighted by atomic mass is 19.0. The lowest BCUT2D eigenvalue weighted by molar-refractivity contribution is -0.921. The monoisotopic (exact) mass is 280 g/mol. The average molecular weight is 281 g/mol. The molecule has 0 atom stereocenters. The van der Waals surface area contributed by atoms with Crippen LogP contribution in [0.1, 0.15) is 56.8 Å². The largest absolute Gasteiger partial charge is 1.00 e. The molecule has 2 nitrogen and oxygen atoms in total. The van der Waals surface area contributed by atoms with E-state index in [1.165, 1.54) is 61.3 Å². The van der Waals surface area contributed by atoms with Gasteiger partial charge in [-0.1, -0.05) is 0 Å². The van der Waals surface area contributed by atoms with Gasteiger partial charge in [-0.25, -0.2) is 0 Å². The zero-order chi connectivity index (χ0) is 14.7. The van der Waals surface area contributed by atoms with Gasteiger partial charge in [-0.3, -0.25) is 0 Å². The van der Waals surface area contributed by atoms with E-state index >= 15 is 0 Å². The van der Waals surface area contributed by atoms with Gasteiger partial charge in [0.25, 0.3) is 0 Å². The van der Waals surface area contributed by atoms with Crippen LogP contribution in [-0.4, -0.2) is 61.3 Å². The number of nitrogens with zero attached hydrogens (tertiary/aromatic N) is 2. The summed E-state index contributed by atoms with van der Waals surface area (Å²) in [5.41, 5.74) is 0. The predicted molar refractivity (Wildman–Crippen MR) is 86.0 cm³/mol. The maximum atomic E-state index is 2.27. The third kappa shape index (κ3) is 7.88. The number of halogens is 1. The van der Waals surface area contributed by atoms with Crippen molar-refractivity contribution in [3.05, 3.63) is 0 Å². The maximum absolute atomic E-state index is 2.27. The van der Waals surface area contributed by atoms with Gasteiger partial charge in [-0.05, 0) is 55.4 Å². The van der Waals surface area contributed by atoms with E-state index in [9.17, 15) is 0 Å². The molecule has 0 saturated carbocycles. The van der Waals surface area contributed by atoms with E-state index in [2.05, 4.69) is 55.4 Å². The van der Waals surface area contributed by atoms with E-state index in [4.69, 9.17) is 0 Å². The molecule has 0 aromatic heterocycles. The summed E-state index contributed by atoms with van der Waals surface area (Å²) in [5, 5.41) is 0. The van der Waals surface area contributed by atoms with Gasteiger partial charge in [-0.2, -0.15) is 0 Å². The van der Waals surface area contributed by atoms with Crippen LogP contribution in [0.3, 0.4) is 0 Å². The maximum Gasteiger partial charge on any atom is 0.0757 e. The van der Waals surface area contributed by atoms with Crippen molar-refractivity contribution >= 4 is 0 Å². The summed E-state index contributed by atoms with van der Waals surface area (Å²) in [6.45, 7) is 28.4. The zero-order valence-electron chi connectivity index (χ0n) is 15.9. The molecule has 0 amide bonds. The van der Waals surface area contributed by atoms with E-state index in [0.29, 0.717) is 0 Å². The molecule has 0 aromatic rings. The molecule has 0 aliphatic carbocycles. The minimum atomic E-state index is 0. The number of quaternary nitrogens is 2. The standard InChI is InChI=1S/2C8H20N.FH.H/c2*1-5-9(6-2,7-3)8-4;;/h2*5-8H2,1-4H3;1H;/q2*+1;;-1/p-1. The third-order valence-electron chi connectivity index (χ3n) is 5.37. The first-order valence-corrected chi connectivity index (χ1v) is 8.19. The summed E-state index contributed by atoms with van der Waals surface area (Å²) in [6.07, 6.45) is 0. The van der Waals surface area contributed by atoms with Gasteiger partial charge in [0, 0.05) is 0 Å². The number of hydrogen-bond acceptors (Lipinski definition) is 0. The summed E-state index contributed by atoms with van der Waals surface area (Å²) in [7, 11) is 0. The first kappa shape index (κ1) is 23.9. The summed E-state index contributed by atoms with van der Waals surface area (Å²) >= 11 is 0. The second-order valence-corrected chi connectivity index (χ2v) is 5.21. The SMILES string of the molecule is CC[N+](CC)(CC)CC.CC[N+](CC)(CC)CC.[F-].[H-]. The van der Waals surface area contributed by atoms with Crippen LogP contribution in [0.5, 0.6) is 0 Å². The summed E-state index contributed by atoms with van der Waals surface area (Å²) in [4.78, 5) is 0. The fourth-order valence-electron chi connectivity index (χ4n) is 2.68. The molecule has 0 unspecified atom stereocenters. The minimum absolute atomic E-state index is 0. The predicted octanol–water partition coefficient (Wildman–Crippen LogP) is 0.882. The van der Waals surface area contributed by atoms with Crippen LogP contribution in [0, 0.1) is 0 Å². The van der Waals surface area contributed by atoms with Crippen LogP contribution in [0.15, 0.2) is 0 Å². The lowest BCUT2D eigenvalue weighted by atomic mass is 10.3. The van der Waals surface area contributed by atoms with E-state index in [-0.39, 0.29) is 6.13 Å². The molecule has 0 aliphatic heterocycles. The van der Waals surface area contributed by atoms with Crippen molar-refractivity contribution in [3.63, 3.8) is 0 Å². The topological polar surface area (TPSA) is 0 Å². The van der Waals surface area contributed by atoms with Gasteiger partial charge in [-0.15, -0.1) is 0 Å². The average Bonchev–Trinajstić information content (AvgIpc) is 2.46. The Balaban J connectivity index is -0.000000116. The first-order chi connectivity index (χ1) is 8.49. The molecule has 0 aliphatic rings. The Morgan fingerprint density at radius 1 is 0.421 bits per heavy atom. The molecule has 122 valence electrons. The highest BCUT2D eigenvalue weighted by Crippen LogP contribution is 2.03. The highest BCUT2D eigenvalue weighted by molar-refractivity contribution is 4.31. The highest BCUT2D eigenvalue weighted by Gasteiger charge is 2.16. The molecule has 0 aromatic carbocycles. The summed E-state index contributed by atoms with van der Waals surface area (Å²) in [6, 6.07) is 0. The third-order valence-corrected chi connectivity index (χ3v) is 5.37. The second kappa shape index (κ2) is 12.9. The van der Waals surface area contributed by atoms with Crippen molar-refractivity contribution in [1.82, 2.24) is 0 Å². The molecule has 3 heteroatoms. The summed E-state index contributed by atoms with van der Waals surface area (Å²) in [5.74, 6) is 0. The Bertz CT molecular complexity index is 126. The van der Waals surface area contributed by atoms with Crippen molar-refractivity contribution < 1.29 is 15.1 Å². The van der Waals surface area contributed by atoms with Crippen molar-refractivity contribution in [2.45, 2.75) is 55.4 Å². The first-order valence-electron chi connectivity index (χ1n) is 8.19. The fraction of sp³-hybridized carbons (Fsp3) is 1.00. The number of hydrogen-bond donors (Lipinski definition) is 0. The molecule has 0 saturated heterocycles. The Hall–Kier alpha value is -0.150. The van der Waals surface area contributed by atoms with Crippen molar-refractivity contribution in [2.24, 2.45) is 0 Å². The van der Waals surface area contributed by atoms with E-state index in [1.54, 1.807) is 0 Å². The summed E-state index contributed by atoms with van der Waals surface area (Å²) < 4.78 is 2.56. The van der Waals surface area contributed by atoms with Crippen LogP contribution in [0.4, 0.5) is 0 Å². The molecule has 0 fully saturated rings. The molecule has 19 heavy (non-hydrogen) atoms. The van der Waals surface area contributed by atoms with Crippen molar-refractivity contribution in [1.29, 1.82) is 0 Å². The van der Waals surface area contributed by atoms with Gasteiger partial charge in [0.1, 0.15) is 0 Å². The van der Waals surface area contributed by atoms with Gasteiger partial charge < -0.3 is 15.1 Å². The van der Waals surface area contributed by atoms with Crippen molar-refractivity contribution in [2.75, 3.05) is 52.4 Å². The normalized spacial score (nSPS) is 11.4. The van der Waals surface area contributed by atoms with Gasteiger partial charge >= 0.3 is 0 Å². The molecule has 0 radical (unpaired) electrons. The molecule has 0 bridgehead atoms. The Morgan fingerprint density at radius 2 is 0.526 bits per heavy atom. The van der Waals surface area contributed by atoms with Crippen LogP contribution in [-0.2, 0) is 0 Å². The lowest BCUT2D eigenvalue weighted by Gasteiger charge is -2.34. The van der Waals surface area contributed by atoms with Crippen LogP contribution < -0.4 is 4.70 Å². The Kier molecular flexibility index (Phi) is 16.2. The Morgan fingerprint density at radius 3 is 0.526 bits per heavy atom. The smallest absolute Gasteiger partial charge is 0.0757 e. The number of rotatable bonds is 8. The molecule has 0 spiro atoms. The molecule has 0 heterocycles. The fourth-order valence-corrected chi connectivity index (χ4v) is 2.68. The van der Waals surface area contributed by atoms with E-state index < -0.39 is 0 Å². The molecule has 0 rings (SSSR count). The van der Waals surface area contributed by atoms with Crippen LogP contribution in [0.2, 0.25) is 0 Å². The molecule has 0 N–H and O–H groups in total. The van der Waals surface area contributed by atoms with Crippen molar-refractivity contribution in [3.8, 4) is 0 Å². The van der Waals surface area contributed by atoms with Crippen LogP contribution in [0.25, 0.3) is 0 Å². The van der Waals surface area contributed by atoms with Gasteiger partial charge in [0.05, 0.1) is 52.4 Å². The van der Waals surface area contributed by atoms with Gasteiger partial charge in [0.15, 0.2) is 0 Å². The quantitative estimate of drug-likeness (QED) is 0.579. The molecular weight excluding hydrogens is 239 g/mol. The minimum Gasteiger partial charge on any atom is -1.00 e. The van der Waals surface area contributed by atoms with Gasteiger partial charge in [0.2, 0.25) is 0 Å². The zero-order valence-corrected chi connectivity index (χ0v) is 14.9. The van der Waals surface area contributed by atoms with E-state index in [0.717, 1.165) is 0 Å². The van der Waals surface area contributed by atoms with Crippen LogP contribution >= 0.6 is 0 Å². The van der Waals surface area contributed by atoms with E-state index in [1.807, 2.05) is 0 Å². The molecular formula is C16H41FN2. The lowest BCUT2D eigenvalue weighted by Crippen LogP contribution is -3.00. The second-order valence-electron chi connectivity index (χ2n) is 5.21. The Labute approximate surface area is 123 Å².